The third-order valence-corrected chi connectivity index (χ3v) is 2.81. The van der Waals surface area contributed by atoms with Crippen molar-refractivity contribution in [3.8, 4) is 0 Å². The molecule has 2 rings (SSSR count). The van der Waals surface area contributed by atoms with E-state index < -0.39 is 0 Å². The third kappa shape index (κ3) is 3.13. The van der Waals surface area contributed by atoms with Crippen molar-refractivity contribution in [2.24, 2.45) is 0 Å². The highest BCUT2D eigenvalue weighted by atomic mass is 16.5. The molecule has 0 aliphatic heterocycles. The SMILES string of the molecule is CCCCOCCNc1cc2[nH]ncc2cc1N. The predicted molar refractivity (Wildman–Crippen MR) is 74.7 cm³/mol. The van der Waals surface area contributed by atoms with Crippen LogP contribution < -0.4 is 11.1 Å². The molecule has 0 aliphatic carbocycles. The van der Waals surface area contributed by atoms with Gasteiger partial charge in [-0.3, -0.25) is 5.10 Å². The summed E-state index contributed by atoms with van der Waals surface area (Å²) in [5.41, 5.74) is 8.60. The molecule has 2 aromatic rings. The number of nitrogens with zero attached hydrogens (tertiary/aromatic N) is 1. The highest BCUT2D eigenvalue weighted by Crippen LogP contribution is 2.24. The van der Waals surface area contributed by atoms with Crippen LogP contribution in [0.15, 0.2) is 18.3 Å². The van der Waals surface area contributed by atoms with Gasteiger partial charge in [0.2, 0.25) is 0 Å². The second-order valence-corrected chi connectivity index (χ2v) is 4.29. The van der Waals surface area contributed by atoms with Crippen LogP contribution in [0.4, 0.5) is 11.4 Å². The summed E-state index contributed by atoms with van der Waals surface area (Å²) in [5.74, 6) is 0. The zero-order chi connectivity index (χ0) is 12.8. The molecule has 4 N–H and O–H groups in total. The lowest BCUT2D eigenvalue weighted by molar-refractivity contribution is 0.141. The van der Waals surface area contributed by atoms with Crippen LogP contribution >= 0.6 is 0 Å². The number of nitrogens with two attached hydrogens (primary N) is 1. The Bertz CT molecular complexity index is 495. The number of hydrogen-bond donors (Lipinski definition) is 3. The fraction of sp³-hybridized carbons (Fsp3) is 0.462. The average Bonchev–Trinajstić information content (AvgIpc) is 2.80. The summed E-state index contributed by atoms with van der Waals surface area (Å²) in [4.78, 5) is 0. The third-order valence-electron chi connectivity index (χ3n) is 2.81. The molecule has 0 saturated carbocycles. The first-order valence-corrected chi connectivity index (χ1v) is 6.35. The maximum absolute atomic E-state index is 5.96. The number of nitrogens with one attached hydrogen (secondary N) is 2. The smallest absolute Gasteiger partial charge is 0.0672 e. The maximum Gasteiger partial charge on any atom is 0.0672 e. The van der Waals surface area contributed by atoms with Crippen molar-refractivity contribution in [2.75, 3.05) is 30.8 Å². The van der Waals surface area contributed by atoms with Crippen LogP contribution in [0, 0.1) is 0 Å². The van der Waals surface area contributed by atoms with Gasteiger partial charge in [-0.25, -0.2) is 0 Å². The molecule has 5 nitrogen and oxygen atoms in total. The molecule has 0 aliphatic rings. The van der Waals surface area contributed by atoms with E-state index in [1.165, 1.54) is 0 Å². The highest BCUT2D eigenvalue weighted by Gasteiger charge is 2.02. The van der Waals surface area contributed by atoms with Crippen molar-refractivity contribution < 1.29 is 4.74 Å². The average molecular weight is 248 g/mol. The standard InChI is InChI=1S/C13H20N4O/c1-2-3-5-18-6-4-15-13-8-12-10(7-11(13)14)9-16-17-12/h7-9,15H,2-6,14H2,1H3,(H,16,17). The number of fused-ring (bicyclic) bond motifs is 1. The van der Waals surface area contributed by atoms with Gasteiger partial charge in [0, 0.05) is 18.5 Å². The van der Waals surface area contributed by atoms with Gasteiger partial charge in [-0.1, -0.05) is 13.3 Å². The Kier molecular flexibility index (Phi) is 4.41. The summed E-state index contributed by atoms with van der Waals surface area (Å²) >= 11 is 0. The van der Waals surface area contributed by atoms with E-state index in [2.05, 4.69) is 22.4 Å². The maximum atomic E-state index is 5.96. The van der Waals surface area contributed by atoms with Crippen LogP contribution in [0.2, 0.25) is 0 Å². The Morgan fingerprint density at radius 3 is 3.11 bits per heavy atom. The second-order valence-electron chi connectivity index (χ2n) is 4.29. The van der Waals surface area contributed by atoms with Crippen molar-refractivity contribution in [3.05, 3.63) is 18.3 Å². The van der Waals surface area contributed by atoms with Crippen molar-refractivity contribution >= 4 is 22.3 Å². The first kappa shape index (κ1) is 12.7. The van der Waals surface area contributed by atoms with Gasteiger partial charge in [-0.2, -0.15) is 5.10 Å². The number of aromatic nitrogens is 2. The molecule has 5 heteroatoms. The molecule has 0 fully saturated rings. The summed E-state index contributed by atoms with van der Waals surface area (Å²) < 4.78 is 5.48. The van der Waals surface area contributed by atoms with Gasteiger partial charge in [0.25, 0.3) is 0 Å². The number of nitrogen functional groups attached to an aromatic ring is 1. The van der Waals surface area contributed by atoms with Crippen molar-refractivity contribution in [1.29, 1.82) is 0 Å². The van der Waals surface area contributed by atoms with E-state index in [9.17, 15) is 0 Å². The molecule has 0 amide bonds. The fourth-order valence-corrected chi connectivity index (χ4v) is 1.77. The Morgan fingerprint density at radius 2 is 2.28 bits per heavy atom. The molecule has 0 radical (unpaired) electrons. The Hall–Kier alpha value is -1.75. The fourth-order valence-electron chi connectivity index (χ4n) is 1.77. The van der Waals surface area contributed by atoms with E-state index in [4.69, 9.17) is 10.5 Å². The normalized spacial score (nSPS) is 10.9. The number of aromatic amines is 1. The topological polar surface area (TPSA) is 76.0 Å². The molecule has 1 aromatic carbocycles. The van der Waals surface area contributed by atoms with E-state index in [1.807, 2.05) is 12.1 Å². The van der Waals surface area contributed by atoms with Gasteiger partial charge in [-0.05, 0) is 18.6 Å². The Morgan fingerprint density at radius 1 is 1.39 bits per heavy atom. The molecule has 0 saturated heterocycles. The molecule has 0 spiro atoms. The minimum absolute atomic E-state index is 0.695. The van der Waals surface area contributed by atoms with E-state index in [0.29, 0.717) is 6.61 Å². The number of benzene rings is 1. The molecule has 1 aromatic heterocycles. The number of rotatable bonds is 7. The van der Waals surface area contributed by atoms with Gasteiger partial charge in [0.15, 0.2) is 0 Å². The molecule has 0 bridgehead atoms. The van der Waals surface area contributed by atoms with Gasteiger partial charge < -0.3 is 15.8 Å². The van der Waals surface area contributed by atoms with Crippen molar-refractivity contribution in [1.82, 2.24) is 10.2 Å². The van der Waals surface area contributed by atoms with Gasteiger partial charge in [-0.15, -0.1) is 0 Å². The molecule has 18 heavy (non-hydrogen) atoms. The van der Waals surface area contributed by atoms with Crippen molar-refractivity contribution in [3.63, 3.8) is 0 Å². The molecule has 0 unspecified atom stereocenters. The van der Waals surface area contributed by atoms with E-state index in [-0.39, 0.29) is 0 Å². The number of unbranched alkanes of at least 4 members (excludes halogenated alkanes) is 1. The number of hydrogen-bond acceptors (Lipinski definition) is 4. The van der Waals surface area contributed by atoms with Gasteiger partial charge in [0.05, 0.1) is 29.7 Å². The number of ether oxygens (including phenoxy) is 1. The largest absolute Gasteiger partial charge is 0.397 e. The summed E-state index contributed by atoms with van der Waals surface area (Å²) in [6, 6.07) is 3.89. The number of H-pyrrole nitrogens is 1. The molecular weight excluding hydrogens is 228 g/mol. The van der Waals surface area contributed by atoms with Crippen LogP contribution in [0.25, 0.3) is 10.9 Å². The van der Waals surface area contributed by atoms with Crippen LogP contribution in [0.1, 0.15) is 19.8 Å². The van der Waals surface area contributed by atoms with Crippen molar-refractivity contribution in [2.45, 2.75) is 19.8 Å². The Labute approximate surface area is 107 Å². The van der Waals surface area contributed by atoms with Crippen LogP contribution in [0.3, 0.4) is 0 Å². The van der Waals surface area contributed by atoms with Crippen LogP contribution in [0.5, 0.6) is 0 Å². The number of anilines is 2. The monoisotopic (exact) mass is 248 g/mol. The zero-order valence-corrected chi connectivity index (χ0v) is 10.7. The van der Waals surface area contributed by atoms with Crippen LogP contribution in [-0.2, 0) is 4.74 Å². The van der Waals surface area contributed by atoms with E-state index in [0.717, 1.165) is 48.3 Å². The lowest BCUT2D eigenvalue weighted by Gasteiger charge is -2.09. The minimum Gasteiger partial charge on any atom is -0.397 e. The predicted octanol–water partition coefficient (Wildman–Crippen LogP) is 2.37. The van der Waals surface area contributed by atoms with E-state index >= 15 is 0 Å². The molecular formula is C13H20N4O. The molecule has 0 atom stereocenters. The second kappa shape index (κ2) is 6.26. The van der Waals surface area contributed by atoms with Gasteiger partial charge >= 0.3 is 0 Å². The summed E-state index contributed by atoms with van der Waals surface area (Å²) in [7, 11) is 0. The quantitative estimate of drug-likeness (QED) is 0.519. The summed E-state index contributed by atoms with van der Waals surface area (Å²) in [5, 5.41) is 11.2. The van der Waals surface area contributed by atoms with E-state index in [1.54, 1.807) is 6.20 Å². The summed E-state index contributed by atoms with van der Waals surface area (Å²) in [6.07, 6.45) is 4.04. The Balaban J connectivity index is 1.85. The molecule has 1 heterocycles. The lowest BCUT2D eigenvalue weighted by atomic mass is 10.2. The summed E-state index contributed by atoms with van der Waals surface area (Å²) in [6.45, 7) is 4.43. The molecule has 98 valence electrons. The highest BCUT2D eigenvalue weighted by molar-refractivity contribution is 5.88. The minimum atomic E-state index is 0.695. The lowest BCUT2D eigenvalue weighted by Crippen LogP contribution is -2.11. The zero-order valence-electron chi connectivity index (χ0n) is 10.7. The first-order chi connectivity index (χ1) is 8.81. The first-order valence-electron chi connectivity index (χ1n) is 6.35. The van der Waals surface area contributed by atoms with Crippen LogP contribution in [-0.4, -0.2) is 30.0 Å². The van der Waals surface area contributed by atoms with Gasteiger partial charge in [0.1, 0.15) is 0 Å².